The van der Waals surface area contributed by atoms with Gasteiger partial charge < -0.3 is 15.1 Å². The fraction of sp³-hybridized carbons (Fsp3) is 0.321. The maximum Gasteiger partial charge on any atom is 0.266 e. The number of piperidine rings is 1. The third-order valence-electron chi connectivity index (χ3n) is 7.05. The zero-order chi connectivity index (χ0) is 25.4. The Kier molecular flexibility index (Phi) is 6.45. The first-order chi connectivity index (χ1) is 17.3. The van der Waals surface area contributed by atoms with Gasteiger partial charge >= 0.3 is 0 Å². The van der Waals surface area contributed by atoms with Gasteiger partial charge in [0.15, 0.2) is 0 Å². The number of anilines is 3. The molecule has 1 aliphatic heterocycles. The molecule has 0 aliphatic carbocycles. The lowest BCUT2D eigenvalue weighted by Gasteiger charge is -2.36. The zero-order valence-electron chi connectivity index (χ0n) is 21.1. The van der Waals surface area contributed by atoms with Crippen LogP contribution in [-0.4, -0.2) is 52.7 Å². The van der Waals surface area contributed by atoms with Gasteiger partial charge in [-0.25, -0.2) is 14.4 Å². The minimum atomic E-state index is -0.444. The molecule has 0 unspecified atom stereocenters. The van der Waals surface area contributed by atoms with Crippen molar-refractivity contribution in [1.29, 1.82) is 0 Å². The monoisotopic (exact) mass is 486 g/mol. The molecule has 0 radical (unpaired) electrons. The number of nitrogens with zero attached hydrogens (tertiary/aromatic N) is 5. The van der Waals surface area contributed by atoms with Crippen molar-refractivity contribution in [2.75, 3.05) is 37.4 Å². The number of aromatic nitrogens is 3. The van der Waals surface area contributed by atoms with E-state index in [2.05, 4.69) is 51.3 Å². The van der Waals surface area contributed by atoms with Crippen molar-refractivity contribution in [3.05, 3.63) is 82.2 Å². The van der Waals surface area contributed by atoms with Crippen molar-refractivity contribution in [3.8, 4) is 5.69 Å². The summed E-state index contributed by atoms with van der Waals surface area (Å²) in [5.41, 5.74) is 3.96. The van der Waals surface area contributed by atoms with E-state index in [0.29, 0.717) is 28.5 Å². The van der Waals surface area contributed by atoms with Crippen LogP contribution in [0.25, 0.3) is 16.6 Å². The molecule has 2 aromatic carbocycles. The molecule has 1 fully saturated rings. The second kappa shape index (κ2) is 9.70. The third-order valence-corrected chi connectivity index (χ3v) is 7.05. The van der Waals surface area contributed by atoms with Crippen LogP contribution in [0.15, 0.2) is 59.7 Å². The number of para-hydroxylation sites is 1. The number of halogens is 1. The topological polar surface area (TPSA) is 66.3 Å². The molecule has 186 valence electrons. The molecule has 0 bridgehead atoms. The number of benzene rings is 2. The Balaban J connectivity index is 1.37. The van der Waals surface area contributed by atoms with Gasteiger partial charge in [0.25, 0.3) is 5.56 Å². The molecule has 8 heteroatoms. The molecule has 1 N–H and O–H groups in total. The Hall–Kier alpha value is -3.78. The van der Waals surface area contributed by atoms with E-state index in [1.165, 1.54) is 22.5 Å². The highest BCUT2D eigenvalue weighted by atomic mass is 19.1. The SMILES string of the molecule is Cc1cccc(F)c1-n1cc(C)c2nc(Nc3ccc(N4CCC(N(C)C)CC4)cc3)ncc2c1=O. The minimum Gasteiger partial charge on any atom is -0.371 e. The first-order valence-corrected chi connectivity index (χ1v) is 12.2. The van der Waals surface area contributed by atoms with Crippen molar-refractivity contribution in [3.63, 3.8) is 0 Å². The van der Waals surface area contributed by atoms with Crippen LogP contribution in [0.1, 0.15) is 24.0 Å². The van der Waals surface area contributed by atoms with Gasteiger partial charge in [-0.2, -0.15) is 0 Å². The van der Waals surface area contributed by atoms with Gasteiger partial charge in [0.1, 0.15) is 5.82 Å². The van der Waals surface area contributed by atoms with Gasteiger partial charge in [0.2, 0.25) is 5.95 Å². The van der Waals surface area contributed by atoms with E-state index < -0.39 is 5.82 Å². The normalized spacial score (nSPS) is 14.6. The molecule has 1 saturated heterocycles. The summed E-state index contributed by atoms with van der Waals surface area (Å²) < 4.78 is 15.9. The van der Waals surface area contributed by atoms with E-state index in [0.717, 1.165) is 37.2 Å². The summed E-state index contributed by atoms with van der Waals surface area (Å²) >= 11 is 0. The second-order valence-corrected chi connectivity index (χ2v) is 9.70. The largest absolute Gasteiger partial charge is 0.371 e. The van der Waals surface area contributed by atoms with E-state index in [4.69, 9.17) is 0 Å². The molecule has 2 aromatic heterocycles. The molecular formula is C28H31FN6O. The predicted molar refractivity (Wildman–Crippen MR) is 143 cm³/mol. The van der Waals surface area contributed by atoms with Crippen molar-refractivity contribution < 1.29 is 4.39 Å². The van der Waals surface area contributed by atoms with E-state index in [1.54, 1.807) is 25.3 Å². The lowest BCUT2D eigenvalue weighted by Crippen LogP contribution is -2.41. The van der Waals surface area contributed by atoms with Gasteiger partial charge in [-0.15, -0.1) is 0 Å². The molecular weight excluding hydrogens is 455 g/mol. The first-order valence-electron chi connectivity index (χ1n) is 12.2. The highest BCUT2D eigenvalue weighted by molar-refractivity contribution is 5.81. The van der Waals surface area contributed by atoms with Crippen LogP contribution >= 0.6 is 0 Å². The van der Waals surface area contributed by atoms with Gasteiger partial charge in [-0.1, -0.05) is 12.1 Å². The summed E-state index contributed by atoms with van der Waals surface area (Å²) in [7, 11) is 4.30. The third kappa shape index (κ3) is 4.56. The summed E-state index contributed by atoms with van der Waals surface area (Å²) in [4.78, 5) is 26.9. The Morgan fingerprint density at radius 3 is 2.42 bits per heavy atom. The average molecular weight is 487 g/mol. The Bertz CT molecular complexity index is 1440. The zero-order valence-corrected chi connectivity index (χ0v) is 21.1. The van der Waals surface area contributed by atoms with Crippen LogP contribution < -0.4 is 15.8 Å². The lowest BCUT2D eigenvalue weighted by atomic mass is 10.0. The highest BCUT2D eigenvalue weighted by Gasteiger charge is 2.21. The Morgan fingerprint density at radius 2 is 1.75 bits per heavy atom. The fourth-order valence-corrected chi connectivity index (χ4v) is 4.96. The average Bonchev–Trinajstić information content (AvgIpc) is 2.87. The number of rotatable bonds is 5. The predicted octanol–water partition coefficient (Wildman–Crippen LogP) is 4.81. The van der Waals surface area contributed by atoms with Crippen LogP contribution in [0.3, 0.4) is 0 Å². The number of aryl methyl sites for hydroxylation is 2. The van der Waals surface area contributed by atoms with Crippen molar-refractivity contribution in [2.45, 2.75) is 32.7 Å². The van der Waals surface area contributed by atoms with Crippen LogP contribution in [-0.2, 0) is 0 Å². The maximum atomic E-state index is 14.5. The number of nitrogens with one attached hydrogen (secondary N) is 1. The summed E-state index contributed by atoms with van der Waals surface area (Å²) in [5, 5.41) is 3.59. The van der Waals surface area contributed by atoms with Gasteiger partial charge in [0.05, 0.1) is 16.6 Å². The molecule has 3 heterocycles. The summed E-state index contributed by atoms with van der Waals surface area (Å²) in [6.45, 7) is 5.74. The van der Waals surface area contributed by atoms with Crippen LogP contribution in [0.2, 0.25) is 0 Å². The van der Waals surface area contributed by atoms with Gasteiger partial charge in [-0.05, 0) is 82.2 Å². The van der Waals surface area contributed by atoms with Gasteiger partial charge in [-0.3, -0.25) is 9.36 Å². The molecule has 0 spiro atoms. The molecule has 1 aliphatic rings. The van der Waals surface area contributed by atoms with Crippen molar-refractivity contribution in [2.24, 2.45) is 0 Å². The second-order valence-electron chi connectivity index (χ2n) is 9.70. The maximum absolute atomic E-state index is 14.5. The Labute approximate surface area is 210 Å². The molecule has 5 rings (SSSR count). The highest BCUT2D eigenvalue weighted by Crippen LogP contribution is 2.25. The molecule has 0 saturated carbocycles. The summed E-state index contributed by atoms with van der Waals surface area (Å²) in [5.74, 6) is -0.0371. The summed E-state index contributed by atoms with van der Waals surface area (Å²) in [6.07, 6.45) is 5.47. The van der Waals surface area contributed by atoms with Gasteiger partial charge in [0, 0.05) is 42.9 Å². The smallest absolute Gasteiger partial charge is 0.266 e. The van der Waals surface area contributed by atoms with E-state index in [1.807, 2.05) is 19.1 Å². The lowest BCUT2D eigenvalue weighted by molar-refractivity contribution is 0.249. The summed E-state index contributed by atoms with van der Waals surface area (Å²) in [6, 6.07) is 13.7. The first kappa shape index (κ1) is 23.9. The van der Waals surface area contributed by atoms with E-state index in [-0.39, 0.29) is 11.2 Å². The van der Waals surface area contributed by atoms with Crippen molar-refractivity contribution >= 4 is 28.2 Å². The molecule has 7 nitrogen and oxygen atoms in total. The van der Waals surface area contributed by atoms with E-state index in [9.17, 15) is 9.18 Å². The van der Waals surface area contributed by atoms with E-state index >= 15 is 0 Å². The molecule has 36 heavy (non-hydrogen) atoms. The van der Waals surface area contributed by atoms with Crippen LogP contribution in [0, 0.1) is 19.7 Å². The number of hydrogen-bond acceptors (Lipinski definition) is 6. The quantitative estimate of drug-likeness (QED) is 0.437. The number of hydrogen-bond donors (Lipinski definition) is 1. The fourth-order valence-electron chi connectivity index (χ4n) is 4.96. The standard InChI is InChI=1S/C28H31FN6O/c1-18-6-5-7-24(29)26(18)35-17-19(2)25-23(27(35)36)16-30-28(32-25)31-20-8-10-22(11-9-20)34-14-12-21(13-15-34)33(3)4/h5-11,16-17,21H,12-15H2,1-4H3,(H,30,31,32). The minimum absolute atomic E-state index is 0.251. The van der Waals surface area contributed by atoms with Crippen LogP contribution in [0.4, 0.5) is 21.7 Å². The van der Waals surface area contributed by atoms with Crippen LogP contribution in [0.5, 0.6) is 0 Å². The molecule has 4 aromatic rings. The number of pyridine rings is 1. The molecule has 0 atom stereocenters. The molecule has 0 amide bonds. The van der Waals surface area contributed by atoms with Crippen molar-refractivity contribution in [1.82, 2.24) is 19.4 Å². The number of fused-ring (bicyclic) bond motifs is 1. The Morgan fingerprint density at radius 1 is 1.03 bits per heavy atom.